The van der Waals surface area contributed by atoms with Crippen molar-refractivity contribution in [3.8, 4) is 0 Å². The van der Waals surface area contributed by atoms with E-state index in [0.717, 1.165) is 13.8 Å². The van der Waals surface area contributed by atoms with Gasteiger partial charge in [0.05, 0.1) is 0 Å². The maximum Gasteiger partial charge on any atom is 2.00 e. The molecule has 0 saturated heterocycles. The van der Waals surface area contributed by atoms with Crippen molar-refractivity contribution in [3.05, 3.63) is 0 Å². The van der Waals surface area contributed by atoms with E-state index in [9.17, 15) is 0 Å². The van der Waals surface area contributed by atoms with Crippen LogP contribution in [0.5, 0.6) is 0 Å². The van der Waals surface area contributed by atoms with Crippen LogP contribution in [-0.2, 0) is 9.59 Å². The molecule has 0 rings (SSSR count). The topological polar surface area (TPSA) is 175 Å². The summed E-state index contributed by atoms with van der Waals surface area (Å²) in [6.07, 6.45) is 0. The second kappa shape index (κ2) is 30.1. The standard InChI is InChI=1S/2C2H4O2.Ba.3H2O/c2*1-2(3)4;;;;/h2*1H3,(H,3,4);;3*1H2/q;;+2;;;/p-2. The average molecular weight is 309 g/mol. The molecular formula is C4H12BaO7. The molecule has 0 aliphatic heterocycles. The summed E-state index contributed by atoms with van der Waals surface area (Å²) in [5.41, 5.74) is 0. The Bertz CT molecular complexity index is 73.4. The van der Waals surface area contributed by atoms with Gasteiger partial charge in [-0.2, -0.15) is 0 Å². The summed E-state index contributed by atoms with van der Waals surface area (Å²) in [5.74, 6) is -2.17. The minimum absolute atomic E-state index is 0. The van der Waals surface area contributed by atoms with E-state index in [1.807, 2.05) is 0 Å². The number of aliphatic carboxylic acids is 2. The van der Waals surface area contributed by atoms with Crippen LogP contribution in [-0.4, -0.2) is 77.2 Å². The Balaban J connectivity index is -0.0000000112. The van der Waals surface area contributed by atoms with Crippen molar-refractivity contribution in [2.75, 3.05) is 0 Å². The van der Waals surface area contributed by atoms with Crippen LogP contribution >= 0.6 is 0 Å². The molecule has 0 fully saturated rings. The van der Waals surface area contributed by atoms with E-state index in [1.165, 1.54) is 0 Å². The fraction of sp³-hybridized carbons (Fsp3) is 0.500. The molecule has 72 valence electrons. The number of rotatable bonds is 0. The molecule has 0 aliphatic carbocycles. The van der Waals surface area contributed by atoms with Crippen molar-refractivity contribution < 1.29 is 36.2 Å². The Kier molecular flexibility index (Phi) is 98.8. The van der Waals surface area contributed by atoms with E-state index in [0.29, 0.717) is 0 Å². The van der Waals surface area contributed by atoms with Crippen molar-refractivity contribution in [1.82, 2.24) is 0 Å². The van der Waals surface area contributed by atoms with E-state index < -0.39 is 11.9 Å². The molecule has 6 N–H and O–H groups in total. The molecule has 0 aliphatic rings. The number of carbonyl (C=O) groups is 2. The molecule has 0 bridgehead atoms. The van der Waals surface area contributed by atoms with Crippen LogP contribution in [0.2, 0.25) is 0 Å². The van der Waals surface area contributed by atoms with Gasteiger partial charge in [0, 0.05) is 11.9 Å². The van der Waals surface area contributed by atoms with E-state index in [2.05, 4.69) is 0 Å². The molecule has 0 aromatic carbocycles. The molecule has 7 nitrogen and oxygen atoms in total. The number of hydrogen-bond donors (Lipinski definition) is 0. The molecule has 8 heteroatoms. The molecule has 0 atom stereocenters. The smallest absolute Gasteiger partial charge is 0.550 e. The molecule has 0 amide bonds. The Morgan fingerprint density at radius 2 is 0.833 bits per heavy atom. The summed E-state index contributed by atoms with van der Waals surface area (Å²) in [6.45, 7) is 1.94. The van der Waals surface area contributed by atoms with Gasteiger partial charge in [0.1, 0.15) is 0 Å². The molecule has 0 spiro atoms. The van der Waals surface area contributed by atoms with Crippen LogP contribution in [0.3, 0.4) is 0 Å². The number of hydrogen-bond acceptors (Lipinski definition) is 4. The van der Waals surface area contributed by atoms with Gasteiger partial charge in [0.25, 0.3) is 0 Å². The molecule has 0 saturated carbocycles. The third kappa shape index (κ3) is 5980. The predicted molar refractivity (Wildman–Crippen MR) is 38.0 cm³/mol. The number of carboxylic acid groups (broad SMARTS) is 2. The molecule has 0 radical (unpaired) electrons. The Morgan fingerprint density at radius 1 is 0.833 bits per heavy atom. The Hall–Kier alpha value is 0.391. The number of carboxylic acids is 2. The predicted octanol–water partition coefficient (Wildman–Crippen LogP) is -5.34. The minimum Gasteiger partial charge on any atom is -0.550 e. The normalized spacial score (nSPS) is 4.17. The third-order valence-corrected chi connectivity index (χ3v) is 0. The van der Waals surface area contributed by atoms with Crippen LogP contribution in [0, 0.1) is 0 Å². The fourth-order valence-corrected chi connectivity index (χ4v) is 0. The summed E-state index contributed by atoms with van der Waals surface area (Å²) in [6, 6.07) is 0. The summed E-state index contributed by atoms with van der Waals surface area (Å²) in [5, 5.41) is 17.8. The number of carbonyl (C=O) groups excluding carboxylic acids is 2. The van der Waals surface area contributed by atoms with Crippen molar-refractivity contribution in [2.24, 2.45) is 0 Å². The maximum atomic E-state index is 8.89. The Labute approximate surface area is 110 Å². The maximum absolute atomic E-state index is 8.89. The van der Waals surface area contributed by atoms with Gasteiger partial charge in [-0.1, -0.05) is 0 Å². The zero-order valence-electron chi connectivity index (χ0n) is 6.84. The van der Waals surface area contributed by atoms with Gasteiger partial charge >= 0.3 is 48.9 Å². The van der Waals surface area contributed by atoms with Gasteiger partial charge in [0.15, 0.2) is 0 Å². The molecule has 0 aromatic rings. The summed E-state index contributed by atoms with van der Waals surface area (Å²) >= 11 is 0. The van der Waals surface area contributed by atoms with Crippen LogP contribution in [0.15, 0.2) is 0 Å². The van der Waals surface area contributed by atoms with Gasteiger partial charge in [-0.05, 0) is 13.8 Å². The van der Waals surface area contributed by atoms with E-state index in [1.54, 1.807) is 0 Å². The first kappa shape index (κ1) is 39.4. The molecule has 12 heavy (non-hydrogen) atoms. The molecule has 0 aromatic heterocycles. The van der Waals surface area contributed by atoms with Crippen LogP contribution in [0.4, 0.5) is 0 Å². The molecule has 0 heterocycles. The van der Waals surface area contributed by atoms with E-state index >= 15 is 0 Å². The first-order valence-corrected chi connectivity index (χ1v) is 1.82. The van der Waals surface area contributed by atoms with Gasteiger partial charge in [-0.3, -0.25) is 0 Å². The zero-order valence-corrected chi connectivity index (χ0v) is 11.3. The summed E-state index contributed by atoms with van der Waals surface area (Å²) in [7, 11) is 0. The summed E-state index contributed by atoms with van der Waals surface area (Å²) < 4.78 is 0. The fourth-order valence-electron chi connectivity index (χ4n) is 0. The molecular weight excluding hydrogens is 297 g/mol. The van der Waals surface area contributed by atoms with Crippen molar-refractivity contribution in [1.29, 1.82) is 0 Å². The van der Waals surface area contributed by atoms with Gasteiger partial charge in [-0.25, -0.2) is 0 Å². The van der Waals surface area contributed by atoms with Crippen molar-refractivity contribution >= 4 is 60.8 Å². The average Bonchev–Trinajstić information content (AvgIpc) is 1.25. The van der Waals surface area contributed by atoms with Gasteiger partial charge < -0.3 is 36.2 Å². The van der Waals surface area contributed by atoms with Crippen LogP contribution < -0.4 is 10.2 Å². The molecule has 0 unspecified atom stereocenters. The van der Waals surface area contributed by atoms with E-state index in [4.69, 9.17) is 19.8 Å². The Morgan fingerprint density at radius 3 is 0.833 bits per heavy atom. The van der Waals surface area contributed by atoms with Gasteiger partial charge in [-0.15, -0.1) is 0 Å². The van der Waals surface area contributed by atoms with Crippen LogP contribution in [0.1, 0.15) is 13.8 Å². The quantitative estimate of drug-likeness (QED) is 0.406. The van der Waals surface area contributed by atoms with E-state index in [-0.39, 0.29) is 65.3 Å². The SMILES string of the molecule is CC(=O)[O-].CC(=O)[O-].O.O.O.[Ba+2]. The van der Waals surface area contributed by atoms with Gasteiger partial charge in [0.2, 0.25) is 0 Å². The zero-order chi connectivity index (χ0) is 7.15. The summed E-state index contributed by atoms with van der Waals surface area (Å²) in [4.78, 5) is 17.8. The minimum atomic E-state index is -1.08. The second-order valence-electron chi connectivity index (χ2n) is 0.983. The van der Waals surface area contributed by atoms with Crippen molar-refractivity contribution in [3.63, 3.8) is 0 Å². The second-order valence-corrected chi connectivity index (χ2v) is 0.983. The van der Waals surface area contributed by atoms with Crippen molar-refractivity contribution in [2.45, 2.75) is 13.8 Å². The first-order chi connectivity index (χ1) is 3.46. The largest absolute Gasteiger partial charge is 2.00 e. The monoisotopic (exact) mass is 310 g/mol. The van der Waals surface area contributed by atoms with Crippen LogP contribution in [0.25, 0.3) is 0 Å². The first-order valence-electron chi connectivity index (χ1n) is 1.82. The third-order valence-electron chi connectivity index (χ3n) is 0.